The van der Waals surface area contributed by atoms with Gasteiger partial charge in [0.15, 0.2) is 0 Å². The van der Waals surface area contributed by atoms with Gasteiger partial charge in [0, 0.05) is 12.6 Å². The molecule has 5 heteroatoms. The predicted molar refractivity (Wildman–Crippen MR) is 82.1 cm³/mol. The number of carbonyl (C=O) groups excluding carboxylic acids is 1. The van der Waals surface area contributed by atoms with Gasteiger partial charge in [0.05, 0.1) is 18.2 Å². The third kappa shape index (κ3) is 3.32. The molecule has 0 saturated heterocycles. The fraction of sp³-hybridized carbons (Fsp3) is 0.176. The molecule has 3 rings (SSSR count). The summed E-state index contributed by atoms with van der Waals surface area (Å²) in [5, 5.41) is 18.8. The Kier molecular flexibility index (Phi) is 4.16. The molecule has 3 aromatic rings. The van der Waals surface area contributed by atoms with E-state index in [4.69, 9.17) is 0 Å². The number of nitrogens with zero attached hydrogens (tertiary/aromatic N) is 1. The van der Waals surface area contributed by atoms with Crippen LogP contribution in [0, 0.1) is 0 Å². The van der Waals surface area contributed by atoms with E-state index >= 15 is 0 Å². The Morgan fingerprint density at radius 1 is 1.18 bits per heavy atom. The SMILES string of the molecule is O=C(Cc1ccon1)NCC(O)c1ccc2ccccc2c1. The minimum Gasteiger partial charge on any atom is -0.387 e. The molecule has 0 saturated carbocycles. The molecule has 0 fully saturated rings. The van der Waals surface area contributed by atoms with Crippen molar-refractivity contribution in [3.8, 4) is 0 Å². The lowest BCUT2D eigenvalue weighted by Gasteiger charge is -2.13. The molecule has 1 heterocycles. The van der Waals surface area contributed by atoms with E-state index in [0.29, 0.717) is 5.69 Å². The highest BCUT2D eigenvalue weighted by molar-refractivity contribution is 5.83. The van der Waals surface area contributed by atoms with E-state index < -0.39 is 6.10 Å². The normalized spacial score (nSPS) is 12.2. The maximum atomic E-state index is 11.8. The summed E-state index contributed by atoms with van der Waals surface area (Å²) >= 11 is 0. The Hall–Kier alpha value is -2.66. The summed E-state index contributed by atoms with van der Waals surface area (Å²) in [5.74, 6) is -0.200. The molecular weight excluding hydrogens is 280 g/mol. The fourth-order valence-corrected chi connectivity index (χ4v) is 2.30. The third-order valence-electron chi connectivity index (χ3n) is 3.48. The van der Waals surface area contributed by atoms with Crippen molar-refractivity contribution < 1.29 is 14.4 Å². The Balaban J connectivity index is 1.60. The predicted octanol–water partition coefficient (Wildman–Crippen LogP) is 2.22. The van der Waals surface area contributed by atoms with Gasteiger partial charge in [-0.15, -0.1) is 0 Å². The molecule has 0 aliphatic rings. The lowest BCUT2D eigenvalue weighted by molar-refractivity contribution is -0.121. The van der Waals surface area contributed by atoms with E-state index in [9.17, 15) is 9.90 Å². The summed E-state index contributed by atoms with van der Waals surface area (Å²) in [4.78, 5) is 11.8. The number of benzene rings is 2. The van der Waals surface area contributed by atoms with Gasteiger partial charge in [-0.05, 0) is 22.4 Å². The number of nitrogens with one attached hydrogen (secondary N) is 1. The summed E-state index contributed by atoms with van der Waals surface area (Å²) in [6.45, 7) is 0.162. The summed E-state index contributed by atoms with van der Waals surface area (Å²) in [5.41, 5.74) is 1.35. The molecule has 1 atom stereocenters. The number of hydrogen-bond acceptors (Lipinski definition) is 4. The van der Waals surface area contributed by atoms with Crippen LogP contribution >= 0.6 is 0 Å². The second-order valence-corrected chi connectivity index (χ2v) is 5.09. The van der Waals surface area contributed by atoms with Gasteiger partial charge in [-0.3, -0.25) is 4.79 Å². The van der Waals surface area contributed by atoms with Crippen LogP contribution in [0.25, 0.3) is 10.8 Å². The van der Waals surface area contributed by atoms with E-state index in [-0.39, 0.29) is 18.9 Å². The van der Waals surface area contributed by atoms with E-state index in [1.54, 1.807) is 6.07 Å². The molecule has 2 aromatic carbocycles. The largest absolute Gasteiger partial charge is 0.387 e. The molecule has 0 spiro atoms. The van der Waals surface area contributed by atoms with Crippen molar-refractivity contribution in [1.29, 1.82) is 0 Å². The van der Waals surface area contributed by atoms with Gasteiger partial charge in [-0.1, -0.05) is 41.6 Å². The van der Waals surface area contributed by atoms with Crippen molar-refractivity contribution >= 4 is 16.7 Å². The van der Waals surface area contributed by atoms with E-state index in [1.165, 1.54) is 6.26 Å². The zero-order chi connectivity index (χ0) is 15.4. The van der Waals surface area contributed by atoms with Gasteiger partial charge in [0.2, 0.25) is 5.91 Å². The van der Waals surface area contributed by atoms with Crippen molar-refractivity contribution in [1.82, 2.24) is 10.5 Å². The third-order valence-corrected chi connectivity index (χ3v) is 3.48. The summed E-state index contributed by atoms with van der Waals surface area (Å²) in [6, 6.07) is 15.4. The van der Waals surface area contributed by atoms with Crippen LogP contribution in [-0.4, -0.2) is 22.7 Å². The first-order valence-electron chi connectivity index (χ1n) is 7.05. The van der Waals surface area contributed by atoms with Crippen LogP contribution in [0.15, 0.2) is 59.3 Å². The first-order valence-corrected chi connectivity index (χ1v) is 7.05. The van der Waals surface area contributed by atoms with E-state index in [1.807, 2.05) is 42.5 Å². The molecule has 1 unspecified atom stereocenters. The number of fused-ring (bicyclic) bond motifs is 1. The molecule has 5 nitrogen and oxygen atoms in total. The second kappa shape index (κ2) is 6.41. The monoisotopic (exact) mass is 296 g/mol. The molecule has 2 N–H and O–H groups in total. The van der Waals surface area contributed by atoms with Gasteiger partial charge >= 0.3 is 0 Å². The van der Waals surface area contributed by atoms with Gasteiger partial charge in [-0.25, -0.2) is 0 Å². The van der Waals surface area contributed by atoms with Crippen LogP contribution in [0.4, 0.5) is 0 Å². The standard InChI is InChI=1S/C17H16N2O3/c20-16(11-18-17(21)10-15-7-8-22-19-15)14-6-5-12-3-1-2-4-13(12)9-14/h1-9,16,20H,10-11H2,(H,18,21). The van der Waals surface area contributed by atoms with Crippen LogP contribution in [0.2, 0.25) is 0 Å². The summed E-state index contributed by atoms with van der Waals surface area (Å²) in [6.07, 6.45) is 0.818. The molecule has 112 valence electrons. The molecule has 1 amide bonds. The number of amides is 1. The highest BCUT2D eigenvalue weighted by atomic mass is 16.5. The Bertz CT molecular complexity index is 768. The molecular formula is C17H16N2O3. The van der Waals surface area contributed by atoms with Crippen molar-refractivity contribution in [2.75, 3.05) is 6.54 Å². The fourth-order valence-electron chi connectivity index (χ4n) is 2.30. The lowest BCUT2D eigenvalue weighted by atomic mass is 10.0. The number of aromatic nitrogens is 1. The average Bonchev–Trinajstić information content (AvgIpc) is 3.05. The molecule has 0 aliphatic carbocycles. The summed E-state index contributed by atoms with van der Waals surface area (Å²) < 4.78 is 4.67. The zero-order valence-electron chi connectivity index (χ0n) is 11.9. The number of hydrogen-bond donors (Lipinski definition) is 2. The molecule has 1 aromatic heterocycles. The minimum atomic E-state index is -0.745. The summed E-state index contributed by atoms with van der Waals surface area (Å²) in [7, 11) is 0. The quantitative estimate of drug-likeness (QED) is 0.757. The van der Waals surface area contributed by atoms with Crippen LogP contribution in [-0.2, 0) is 11.2 Å². The Morgan fingerprint density at radius 3 is 2.77 bits per heavy atom. The highest BCUT2D eigenvalue weighted by Crippen LogP contribution is 2.20. The Labute approximate surface area is 127 Å². The van der Waals surface area contributed by atoms with Gasteiger partial charge in [0.1, 0.15) is 6.26 Å². The molecule has 22 heavy (non-hydrogen) atoms. The maximum absolute atomic E-state index is 11.8. The van der Waals surface area contributed by atoms with Crippen molar-refractivity contribution in [2.45, 2.75) is 12.5 Å². The van der Waals surface area contributed by atoms with Crippen LogP contribution in [0.1, 0.15) is 17.4 Å². The van der Waals surface area contributed by atoms with Crippen molar-refractivity contribution in [3.05, 3.63) is 66.1 Å². The van der Waals surface area contributed by atoms with Gasteiger partial charge < -0.3 is 14.9 Å². The zero-order valence-corrected chi connectivity index (χ0v) is 11.9. The lowest BCUT2D eigenvalue weighted by Crippen LogP contribution is -2.29. The Morgan fingerprint density at radius 2 is 2.00 bits per heavy atom. The topological polar surface area (TPSA) is 75.4 Å². The minimum absolute atomic E-state index is 0.140. The number of aliphatic hydroxyl groups is 1. The smallest absolute Gasteiger partial charge is 0.226 e. The molecule has 0 aliphatic heterocycles. The van der Waals surface area contributed by atoms with E-state index in [2.05, 4.69) is 15.0 Å². The van der Waals surface area contributed by atoms with Crippen LogP contribution in [0.3, 0.4) is 0 Å². The molecule has 0 bridgehead atoms. The van der Waals surface area contributed by atoms with Gasteiger partial charge in [0.25, 0.3) is 0 Å². The van der Waals surface area contributed by atoms with Crippen LogP contribution in [0.5, 0.6) is 0 Å². The van der Waals surface area contributed by atoms with Gasteiger partial charge in [-0.2, -0.15) is 0 Å². The van der Waals surface area contributed by atoms with Crippen molar-refractivity contribution in [3.63, 3.8) is 0 Å². The first kappa shape index (κ1) is 14.3. The second-order valence-electron chi connectivity index (χ2n) is 5.09. The number of carbonyl (C=O) groups is 1. The highest BCUT2D eigenvalue weighted by Gasteiger charge is 2.11. The van der Waals surface area contributed by atoms with E-state index in [0.717, 1.165) is 16.3 Å². The maximum Gasteiger partial charge on any atom is 0.226 e. The van der Waals surface area contributed by atoms with Crippen LogP contribution < -0.4 is 5.32 Å². The molecule has 0 radical (unpaired) electrons. The average molecular weight is 296 g/mol. The number of aliphatic hydroxyl groups excluding tert-OH is 1. The first-order chi connectivity index (χ1) is 10.7. The number of rotatable bonds is 5. The van der Waals surface area contributed by atoms with Crippen molar-refractivity contribution in [2.24, 2.45) is 0 Å².